The number of amides is 2. The number of nitrogens with one attached hydrogen (secondary N) is 2. The molecule has 2 N–H and O–H groups in total. The molecular formula is C23H24Cl2N2O2. The summed E-state index contributed by atoms with van der Waals surface area (Å²) in [6.45, 7) is 0. The Balaban J connectivity index is 1.69. The summed E-state index contributed by atoms with van der Waals surface area (Å²) in [7, 11) is 0. The molecule has 0 unspecified atom stereocenters. The lowest BCUT2D eigenvalue weighted by Gasteiger charge is -2.40. The van der Waals surface area contributed by atoms with Gasteiger partial charge in [0.05, 0.1) is 5.92 Å². The predicted octanol–water partition coefficient (Wildman–Crippen LogP) is 5.41. The Morgan fingerprint density at radius 2 is 1.69 bits per heavy atom. The van der Waals surface area contributed by atoms with Crippen LogP contribution in [-0.2, 0) is 9.59 Å². The number of benzene rings is 2. The van der Waals surface area contributed by atoms with Crippen LogP contribution in [0.4, 0.5) is 5.69 Å². The Labute approximate surface area is 181 Å². The van der Waals surface area contributed by atoms with Crippen molar-refractivity contribution in [3.05, 3.63) is 64.1 Å². The molecular weight excluding hydrogens is 407 g/mol. The summed E-state index contributed by atoms with van der Waals surface area (Å²) < 4.78 is 0. The first kappa shape index (κ1) is 20.2. The van der Waals surface area contributed by atoms with Crippen LogP contribution in [-0.4, -0.2) is 17.9 Å². The fraction of sp³-hybridized carbons (Fsp3) is 0.391. The van der Waals surface area contributed by atoms with E-state index in [4.69, 9.17) is 23.2 Å². The molecule has 152 valence electrons. The van der Waals surface area contributed by atoms with E-state index in [1.54, 1.807) is 12.1 Å². The van der Waals surface area contributed by atoms with Gasteiger partial charge in [0, 0.05) is 34.1 Å². The molecule has 3 atom stereocenters. The zero-order chi connectivity index (χ0) is 20.4. The second-order valence-corrected chi connectivity index (χ2v) is 8.90. The normalized spacial score (nSPS) is 24.9. The van der Waals surface area contributed by atoms with Gasteiger partial charge in [0.1, 0.15) is 0 Å². The maximum atomic E-state index is 13.5. The third-order valence-electron chi connectivity index (χ3n) is 6.13. The average molecular weight is 431 g/mol. The van der Waals surface area contributed by atoms with Gasteiger partial charge in [-0.15, -0.1) is 0 Å². The van der Waals surface area contributed by atoms with Crippen molar-refractivity contribution >= 4 is 40.7 Å². The summed E-state index contributed by atoms with van der Waals surface area (Å²) in [4.78, 5) is 26.1. The first-order valence-electron chi connectivity index (χ1n) is 10.1. The van der Waals surface area contributed by atoms with Crippen molar-refractivity contribution in [2.45, 2.75) is 44.1 Å². The van der Waals surface area contributed by atoms with Crippen LogP contribution in [0.5, 0.6) is 0 Å². The Bertz CT molecular complexity index is 911. The molecule has 0 radical (unpaired) electrons. The van der Waals surface area contributed by atoms with Crippen LogP contribution in [0.25, 0.3) is 0 Å². The van der Waals surface area contributed by atoms with E-state index >= 15 is 0 Å². The summed E-state index contributed by atoms with van der Waals surface area (Å²) in [6.07, 6.45) is 4.63. The number of halogens is 2. The van der Waals surface area contributed by atoms with Crippen molar-refractivity contribution in [3.8, 4) is 0 Å². The summed E-state index contributed by atoms with van der Waals surface area (Å²) >= 11 is 12.3. The molecule has 1 saturated carbocycles. The Morgan fingerprint density at radius 1 is 1.00 bits per heavy atom. The van der Waals surface area contributed by atoms with Crippen molar-refractivity contribution in [1.29, 1.82) is 0 Å². The van der Waals surface area contributed by atoms with E-state index in [0.29, 0.717) is 21.7 Å². The van der Waals surface area contributed by atoms with Crippen molar-refractivity contribution in [3.63, 3.8) is 0 Å². The summed E-state index contributed by atoms with van der Waals surface area (Å²) in [5, 5.41) is 7.35. The molecule has 0 aromatic heterocycles. The van der Waals surface area contributed by atoms with Gasteiger partial charge in [0.15, 0.2) is 0 Å². The van der Waals surface area contributed by atoms with Gasteiger partial charge < -0.3 is 10.6 Å². The number of hydrogen-bond acceptors (Lipinski definition) is 2. The quantitative estimate of drug-likeness (QED) is 0.680. The fourth-order valence-corrected chi connectivity index (χ4v) is 5.23. The molecule has 1 heterocycles. The van der Waals surface area contributed by atoms with Gasteiger partial charge in [-0.1, -0.05) is 54.2 Å². The SMILES string of the molecule is O=C1C[C@@H](c2cccc(Cl)c2)[C@H](C(=O)Nc2cccc(Cl)c2)[C@@H](C2CCCC2)N1. The van der Waals surface area contributed by atoms with Crippen LogP contribution in [0.15, 0.2) is 48.5 Å². The van der Waals surface area contributed by atoms with Crippen LogP contribution < -0.4 is 10.6 Å². The highest BCUT2D eigenvalue weighted by Crippen LogP contribution is 2.41. The maximum absolute atomic E-state index is 13.5. The monoisotopic (exact) mass is 430 g/mol. The molecule has 1 saturated heterocycles. The van der Waals surface area contributed by atoms with Gasteiger partial charge >= 0.3 is 0 Å². The van der Waals surface area contributed by atoms with Gasteiger partial charge in [0.2, 0.25) is 11.8 Å². The molecule has 2 aliphatic rings. The summed E-state index contributed by atoms with van der Waals surface area (Å²) in [5.74, 6) is -0.357. The van der Waals surface area contributed by atoms with Crippen molar-refractivity contribution < 1.29 is 9.59 Å². The lowest BCUT2D eigenvalue weighted by atomic mass is 9.71. The smallest absolute Gasteiger partial charge is 0.230 e. The van der Waals surface area contributed by atoms with Gasteiger partial charge in [0.25, 0.3) is 0 Å². The molecule has 4 rings (SSSR count). The number of hydrogen-bond donors (Lipinski definition) is 2. The molecule has 6 heteroatoms. The molecule has 2 fully saturated rings. The predicted molar refractivity (Wildman–Crippen MR) is 116 cm³/mol. The standard InChI is InChI=1S/C23H24Cl2N2O2/c24-16-8-3-7-15(11-16)19-13-20(28)27-22(14-5-1-2-6-14)21(19)23(29)26-18-10-4-9-17(25)12-18/h3-4,7-12,14,19,21-22H,1-2,5-6,13H2,(H,26,29)(H,27,28)/t19-,21-,22+/m0/s1. The van der Waals surface area contributed by atoms with Crippen molar-refractivity contribution in [1.82, 2.24) is 5.32 Å². The highest BCUT2D eigenvalue weighted by Gasteiger charge is 2.45. The highest BCUT2D eigenvalue weighted by molar-refractivity contribution is 6.31. The zero-order valence-corrected chi connectivity index (χ0v) is 17.5. The summed E-state index contributed by atoms with van der Waals surface area (Å²) in [6, 6.07) is 14.5. The minimum absolute atomic E-state index is 0.00122. The van der Waals surface area contributed by atoms with Crippen molar-refractivity contribution in [2.75, 3.05) is 5.32 Å². The topological polar surface area (TPSA) is 58.2 Å². The summed E-state index contributed by atoms with van der Waals surface area (Å²) in [5.41, 5.74) is 1.59. The maximum Gasteiger partial charge on any atom is 0.230 e. The van der Waals surface area contributed by atoms with Crippen LogP contribution in [0.2, 0.25) is 10.0 Å². The third-order valence-corrected chi connectivity index (χ3v) is 6.60. The Hall–Kier alpha value is -2.04. The molecule has 2 aromatic rings. The highest BCUT2D eigenvalue weighted by atomic mass is 35.5. The molecule has 2 amide bonds. The van der Waals surface area contributed by atoms with E-state index in [-0.39, 0.29) is 36.1 Å². The van der Waals surface area contributed by atoms with E-state index < -0.39 is 0 Å². The number of rotatable bonds is 4. The third kappa shape index (κ3) is 4.59. The van der Waals surface area contributed by atoms with Crippen LogP contribution in [0, 0.1) is 11.8 Å². The molecule has 4 nitrogen and oxygen atoms in total. The number of carbonyl (C=O) groups excluding carboxylic acids is 2. The molecule has 2 aromatic carbocycles. The fourth-order valence-electron chi connectivity index (χ4n) is 4.84. The second kappa shape index (κ2) is 8.76. The lowest BCUT2D eigenvalue weighted by molar-refractivity contribution is -0.130. The second-order valence-electron chi connectivity index (χ2n) is 8.03. The van der Waals surface area contributed by atoms with E-state index in [2.05, 4.69) is 10.6 Å². The van der Waals surface area contributed by atoms with Gasteiger partial charge in [-0.2, -0.15) is 0 Å². The molecule has 1 aliphatic heterocycles. The molecule has 0 spiro atoms. The first-order valence-corrected chi connectivity index (χ1v) is 10.9. The molecule has 29 heavy (non-hydrogen) atoms. The van der Waals surface area contributed by atoms with Crippen LogP contribution in [0.3, 0.4) is 0 Å². The van der Waals surface area contributed by atoms with E-state index in [1.807, 2.05) is 36.4 Å². The van der Waals surface area contributed by atoms with Crippen LogP contribution >= 0.6 is 23.2 Å². The van der Waals surface area contributed by atoms with Gasteiger partial charge in [-0.05, 0) is 54.7 Å². The van der Waals surface area contributed by atoms with Gasteiger partial charge in [-0.25, -0.2) is 0 Å². The number of anilines is 1. The molecule has 1 aliphatic carbocycles. The van der Waals surface area contributed by atoms with E-state index in [0.717, 1.165) is 31.2 Å². The van der Waals surface area contributed by atoms with Crippen LogP contribution in [0.1, 0.15) is 43.6 Å². The largest absolute Gasteiger partial charge is 0.352 e. The first-order chi connectivity index (χ1) is 14.0. The van der Waals surface area contributed by atoms with E-state index in [1.165, 1.54) is 0 Å². The lowest BCUT2D eigenvalue weighted by Crippen LogP contribution is -2.55. The minimum atomic E-state index is -0.367. The zero-order valence-electron chi connectivity index (χ0n) is 16.0. The Kier molecular flexibility index (Phi) is 6.12. The Morgan fingerprint density at radius 3 is 2.38 bits per heavy atom. The number of carbonyl (C=O) groups is 2. The average Bonchev–Trinajstić information content (AvgIpc) is 3.22. The minimum Gasteiger partial charge on any atom is -0.352 e. The van der Waals surface area contributed by atoms with E-state index in [9.17, 15) is 9.59 Å². The van der Waals surface area contributed by atoms with Gasteiger partial charge in [-0.3, -0.25) is 9.59 Å². The molecule has 0 bridgehead atoms. The van der Waals surface area contributed by atoms with Crippen molar-refractivity contribution in [2.24, 2.45) is 11.8 Å². The number of piperidine rings is 1.